The third kappa shape index (κ3) is 11.2. The van der Waals surface area contributed by atoms with Crippen LogP contribution in [0.3, 0.4) is 0 Å². The van der Waals surface area contributed by atoms with Crippen LogP contribution in [-0.4, -0.2) is 0 Å². The molecule has 5 saturated carbocycles. The summed E-state index contributed by atoms with van der Waals surface area (Å²) in [5, 5.41) is 0. The quantitative estimate of drug-likeness (QED) is 0.166. The van der Waals surface area contributed by atoms with Crippen molar-refractivity contribution in [2.24, 2.45) is 58.2 Å². The van der Waals surface area contributed by atoms with E-state index in [4.69, 9.17) is 0 Å². The highest BCUT2D eigenvalue weighted by Gasteiger charge is 2.39. The lowest BCUT2D eigenvalue weighted by atomic mass is 9.62. The summed E-state index contributed by atoms with van der Waals surface area (Å²) >= 11 is 0. The van der Waals surface area contributed by atoms with Crippen molar-refractivity contribution in [1.29, 1.82) is 0 Å². The van der Waals surface area contributed by atoms with E-state index < -0.39 is 0 Å². The summed E-state index contributed by atoms with van der Waals surface area (Å²) in [6.45, 7) is 25.8. The molecule has 5 fully saturated rings. The molecule has 7 aliphatic rings. The van der Waals surface area contributed by atoms with Crippen LogP contribution in [0.4, 0.5) is 0 Å². The van der Waals surface area contributed by atoms with Gasteiger partial charge in [-0.05, 0) is 213 Å². The second kappa shape index (κ2) is 20.4. The molecular formula is C65H92. The molecule has 0 bridgehead atoms. The Morgan fingerprint density at radius 1 is 0.723 bits per heavy atom. The number of fused-ring (bicyclic) bond motifs is 1. The van der Waals surface area contributed by atoms with Gasteiger partial charge in [-0.1, -0.05) is 189 Å². The summed E-state index contributed by atoms with van der Waals surface area (Å²) in [4.78, 5) is 0. The molecule has 2 unspecified atom stereocenters. The molecule has 0 aromatic heterocycles. The minimum Gasteiger partial charge on any atom is -0.0995 e. The van der Waals surface area contributed by atoms with Crippen molar-refractivity contribution in [1.82, 2.24) is 0 Å². The molecule has 0 spiro atoms. The summed E-state index contributed by atoms with van der Waals surface area (Å²) in [6.07, 6.45) is 41.4. The van der Waals surface area contributed by atoms with Crippen molar-refractivity contribution in [2.75, 3.05) is 0 Å². The zero-order valence-electron chi connectivity index (χ0n) is 42.5. The van der Waals surface area contributed by atoms with Crippen molar-refractivity contribution in [2.45, 2.75) is 213 Å². The predicted molar refractivity (Wildman–Crippen MR) is 281 cm³/mol. The van der Waals surface area contributed by atoms with Crippen LogP contribution < -0.4 is 0 Å². The Balaban J connectivity index is 0.664. The van der Waals surface area contributed by atoms with Crippen molar-refractivity contribution in [3.05, 3.63) is 124 Å². The number of allylic oxidation sites excluding steroid dienone is 7. The normalized spacial score (nSPS) is 33.0. The van der Waals surface area contributed by atoms with Crippen LogP contribution in [0.25, 0.3) is 5.57 Å². The van der Waals surface area contributed by atoms with Gasteiger partial charge in [0.25, 0.3) is 0 Å². The SMILES string of the molecule is C=C1CC[C@@H](C2Cc3cc(C4CCC(CC5CCC(CCC6CCC(CC7=CCC(C)(CCc8cccc([C@H](C)C9CCC9)c8)C(C(C)(C)C)=C7)CC6)CC5)CC4)ccc3C2=C)C(=C)C1. The first-order valence-electron chi connectivity index (χ1n) is 27.9. The Morgan fingerprint density at radius 3 is 2.03 bits per heavy atom. The van der Waals surface area contributed by atoms with E-state index in [1.54, 1.807) is 33.4 Å². The molecule has 0 N–H and O–H groups in total. The molecule has 352 valence electrons. The summed E-state index contributed by atoms with van der Waals surface area (Å²) in [5.74, 6) is 8.37. The minimum absolute atomic E-state index is 0.207. The third-order valence-electron chi connectivity index (χ3n) is 20.0. The van der Waals surface area contributed by atoms with Crippen molar-refractivity contribution in [3.63, 3.8) is 0 Å². The molecular weight excluding hydrogens is 781 g/mol. The fourth-order valence-electron chi connectivity index (χ4n) is 15.4. The molecule has 0 aliphatic heterocycles. The third-order valence-corrected chi connectivity index (χ3v) is 20.0. The highest BCUT2D eigenvalue weighted by Crippen LogP contribution is 2.52. The Hall–Kier alpha value is -2.86. The maximum absolute atomic E-state index is 4.63. The molecule has 0 radical (unpaired) electrons. The largest absolute Gasteiger partial charge is 0.0995 e. The molecule has 4 atom stereocenters. The molecule has 2 aromatic carbocycles. The van der Waals surface area contributed by atoms with Gasteiger partial charge in [0.15, 0.2) is 0 Å². The highest BCUT2D eigenvalue weighted by molar-refractivity contribution is 5.74. The molecule has 0 heterocycles. The zero-order chi connectivity index (χ0) is 45.3. The summed E-state index contributed by atoms with van der Waals surface area (Å²) in [5.41, 5.74) is 15.7. The Kier molecular flexibility index (Phi) is 14.8. The van der Waals surface area contributed by atoms with Gasteiger partial charge in [-0.2, -0.15) is 0 Å². The molecule has 0 heteroatoms. The van der Waals surface area contributed by atoms with Crippen LogP contribution >= 0.6 is 0 Å². The van der Waals surface area contributed by atoms with Crippen LogP contribution in [0.15, 0.2) is 96.6 Å². The first kappa shape index (κ1) is 47.2. The van der Waals surface area contributed by atoms with E-state index in [0.717, 1.165) is 54.3 Å². The smallest absolute Gasteiger partial charge is 0.00554 e. The van der Waals surface area contributed by atoms with E-state index in [1.165, 1.54) is 176 Å². The summed E-state index contributed by atoms with van der Waals surface area (Å²) < 4.78 is 0. The molecule has 65 heavy (non-hydrogen) atoms. The van der Waals surface area contributed by atoms with Crippen LogP contribution in [0.1, 0.15) is 228 Å². The maximum atomic E-state index is 4.63. The van der Waals surface area contributed by atoms with Crippen LogP contribution in [0.2, 0.25) is 0 Å². The van der Waals surface area contributed by atoms with Gasteiger partial charge in [0.2, 0.25) is 0 Å². The molecule has 0 amide bonds. The van der Waals surface area contributed by atoms with Gasteiger partial charge in [0.1, 0.15) is 0 Å². The van der Waals surface area contributed by atoms with E-state index in [2.05, 4.69) is 109 Å². The first-order valence-corrected chi connectivity index (χ1v) is 27.9. The first-order chi connectivity index (χ1) is 31.3. The van der Waals surface area contributed by atoms with Crippen molar-refractivity contribution < 1.29 is 0 Å². The lowest BCUT2D eigenvalue weighted by Gasteiger charge is -2.42. The standard InChI is InChI=1S/C65H92/c1-44-15-31-60(45(2)37-44)62-43-59-42-58(30-32-61(59)47(62)4)56-28-26-53(27-29-56)38-51-22-18-48(19-23-51)16-17-49-20-24-52(25-21-49)39-54-34-36-65(8,63(41-54)64(5,6)7)35-33-50-11-9-14-57(40-50)46(3)55-12-10-13-55/h9,11,14,30,32,34,40-42,46,48-49,51-53,55-56,60,62H,1-2,4,10,12-13,15-29,31,33,35-39,43H2,3,5-8H3/t46-,48?,49?,51?,52?,53?,56?,60-,62?,65?/m1/s1. The van der Waals surface area contributed by atoms with Crippen LogP contribution in [-0.2, 0) is 12.8 Å². The Labute approximate surface area is 399 Å². The Morgan fingerprint density at radius 2 is 1.38 bits per heavy atom. The minimum atomic E-state index is 0.207. The fourth-order valence-corrected chi connectivity index (χ4v) is 15.4. The van der Waals surface area contributed by atoms with Gasteiger partial charge in [0.05, 0.1) is 0 Å². The number of hydrogen-bond acceptors (Lipinski definition) is 0. The predicted octanol–water partition coefficient (Wildman–Crippen LogP) is 19.1. The number of rotatable bonds is 14. The summed E-state index contributed by atoms with van der Waals surface area (Å²) in [7, 11) is 0. The summed E-state index contributed by atoms with van der Waals surface area (Å²) in [6, 6.07) is 17.2. The number of hydrogen-bond donors (Lipinski definition) is 0. The van der Waals surface area contributed by atoms with Gasteiger partial charge in [-0.25, -0.2) is 0 Å². The van der Waals surface area contributed by atoms with Crippen LogP contribution in [0.5, 0.6) is 0 Å². The van der Waals surface area contributed by atoms with E-state index >= 15 is 0 Å². The fraction of sp³-hybridized carbons (Fsp3) is 0.662. The van der Waals surface area contributed by atoms with E-state index in [0.29, 0.717) is 17.8 Å². The number of benzene rings is 2. The van der Waals surface area contributed by atoms with Gasteiger partial charge < -0.3 is 0 Å². The molecule has 2 aromatic rings. The zero-order valence-corrected chi connectivity index (χ0v) is 42.5. The van der Waals surface area contributed by atoms with Gasteiger partial charge in [0, 0.05) is 0 Å². The van der Waals surface area contributed by atoms with E-state index in [9.17, 15) is 0 Å². The highest BCUT2D eigenvalue weighted by atomic mass is 14.4. The van der Waals surface area contributed by atoms with Crippen molar-refractivity contribution >= 4 is 5.57 Å². The van der Waals surface area contributed by atoms with Crippen LogP contribution in [0, 0.1) is 58.2 Å². The molecule has 0 saturated heterocycles. The molecule has 0 nitrogen and oxygen atoms in total. The van der Waals surface area contributed by atoms with E-state index in [1.807, 2.05) is 0 Å². The monoisotopic (exact) mass is 873 g/mol. The van der Waals surface area contributed by atoms with Crippen molar-refractivity contribution in [3.8, 4) is 0 Å². The lowest BCUT2D eigenvalue weighted by Crippen LogP contribution is -2.30. The Bertz CT molecular complexity index is 2050. The average Bonchev–Trinajstić information content (AvgIpc) is 3.60. The van der Waals surface area contributed by atoms with Gasteiger partial charge in [-0.3, -0.25) is 0 Å². The van der Waals surface area contributed by atoms with Gasteiger partial charge in [-0.15, -0.1) is 0 Å². The topological polar surface area (TPSA) is 0 Å². The molecule has 9 rings (SSSR count). The van der Waals surface area contributed by atoms with E-state index in [-0.39, 0.29) is 10.8 Å². The maximum Gasteiger partial charge on any atom is -0.00554 e. The number of aryl methyl sites for hydroxylation is 1. The second-order valence-corrected chi connectivity index (χ2v) is 25.6. The molecule has 7 aliphatic carbocycles. The lowest BCUT2D eigenvalue weighted by molar-refractivity contribution is 0.187. The average molecular weight is 873 g/mol. The van der Waals surface area contributed by atoms with Gasteiger partial charge >= 0.3 is 0 Å². The second-order valence-electron chi connectivity index (χ2n) is 25.6.